The van der Waals surface area contributed by atoms with Gasteiger partial charge in [0.2, 0.25) is 0 Å². The van der Waals surface area contributed by atoms with Gasteiger partial charge in [-0.3, -0.25) is 4.98 Å². The van der Waals surface area contributed by atoms with E-state index in [4.69, 9.17) is 0 Å². The number of hydrogen-bond donors (Lipinski definition) is 0. The van der Waals surface area contributed by atoms with Crippen LogP contribution < -0.4 is 0 Å². The lowest BCUT2D eigenvalue weighted by molar-refractivity contribution is 1.03. The van der Waals surface area contributed by atoms with E-state index in [2.05, 4.69) is 35.3 Å². The minimum atomic E-state index is 1.04. The normalized spacial score (nSPS) is 13.1. The quantitative estimate of drug-likeness (QED) is 0.551. The number of hydrogen-bond acceptors (Lipinski definition) is 2. The van der Waals surface area contributed by atoms with Gasteiger partial charge in [-0.2, -0.15) is 0 Å². The zero-order valence-electron chi connectivity index (χ0n) is 7.60. The molecular formula is C12H9NS. The van der Waals surface area contributed by atoms with E-state index in [0.29, 0.717) is 0 Å². The second-order valence-electron chi connectivity index (χ2n) is 3.37. The summed E-state index contributed by atoms with van der Waals surface area (Å²) in [4.78, 5) is 6.82. The first-order valence-electron chi connectivity index (χ1n) is 4.62. The molecule has 3 rings (SSSR count). The predicted molar refractivity (Wildman–Crippen MR) is 57.6 cm³/mol. The summed E-state index contributed by atoms with van der Waals surface area (Å²) in [6.07, 6.45) is 4.87. The first-order chi connectivity index (χ1) is 6.93. The minimum absolute atomic E-state index is 1.04. The van der Waals surface area contributed by atoms with Crippen molar-refractivity contribution < 1.29 is 0 Å². The molecule has 14 heavy (non-hydrogen) atoms. The van der Waals surface area contributed by atoms with E-state index in [1.54, 1.807) is 0 Å². The third-order valence-corrected chi connectivity index (χ3v) is 3.65. The molecule has 1 aromatic heterocycles. The molecule has 1 aromatic carbocycles. The van der Waals surface area contributed by atoms with Crippen molar-refractivity contribution in [2.75, 3.05) is 0 Å². The average molecular weight is 199 g/mol. The lowest BCUT2D eigenvalue weighted by atomic mass is 10.1. The van der Waals surface area contributed by atoms with Crippen LogP contribution in [0.1, 0.15) is 11.1 Å². The van der Waals surface area contributed by atoms with Gasteiger partial charge in [-0.05, 0) is 29.7 Å². The fraction of sp³-hybridized carbons (Fsp3) is 0.0833. The standard InChI is InChI=1S/C12H9NS/c1-2-4-11-9(3-1)7-10-5-6-13-8-12(10)14-11/h1-6,8H,7H2. The topological polar surface area (TPSA) is 12.9 Å². The Morgan fingerprint density at radius 1 is 1.00 bits per heavy atom. The van der Waals surface area contributed by atoms with Gasteiger partial charge in [0, 0.05) is 22.2 Å². The molecular weight excluding hydrogens is 190 g/mol. The van der Waals surface area contributed by atoms with Gasteiger partial charge in [-0.15, -0.1) is 0 Å². The lowest BCUT2D eigenvalue weighted by Gasteiger charge is -2.17. The van der Waals surface area contributed by atoms with Gasteiger partial charge in [0.15, 0.2) is 0 Å². The third-order valence-electron chi connectivity index (χ3n) is 2.44. The van der Waals surface area contributed by atoms with E-state index in [1.807, 2.05) is 24.2 Å². The number of nitrogens with zero attached hydrogens (tertiary/aromatic N) is 1. The van der Waals surface area contributed by atoms with Crippen LogP contribution in [-0.4, -0.2) is 4.98 Å². The highest BCUT2D eigenvalue weighted by Crippen LogP contribution is 2.38. The molecule has 0 fully saturated rings. The average Bonchev–Trinajstić information content (AvgIpc) is 2.26. The first-order valence-corrected chi connectivity index (χ1v) is 5.44. The monoisotopic (exact) mass is 199 g/mol. The van der Waals surface area contributed by atoms with E-state index in [1.165, 1.54) is 20.9 Å². The molecule has 2 aromatic rings. The maximum Gasteiger partial charge on any atom is 0.0410 e. The van der Waals surface area contributed by atoms with Crippen LogP contribution in [0.15, 0.2) is 52.5 Å². The molecule has 1 aliphatic rings. The van der Waals surface area contributed by atoms with Gasteiger partial charge in [-0.25, -0.2) is 0 Å². The van der Waals surface area contributed by atoms with Gasteiger partial charge in [-0.1, -0.05) is 30.0 Å². The van der Waals surface area contributed by atoms with Crippen molar-refractivity contribution in [1.29, 1.82) is 0 Å². The molecule has 0 spiro atoms. The summed E-state index contributed by atoms with van der Waals surface area (Å²) < 4.78 is 0. The van der Waals surface area contributed by atoms with E-state index in [9.17, 15) is 0 Å². The molecule has 0 unspecified atom stereocenters. The van der Waals surface area contributed by atoms with Crippen molar-refractivity contribution in [2.24, 2.45) is 0 Å². The fourth-order valence-electron chi connectivity index (χ4n) is 1.72. The highest BCUT2D eigenvalue weighted by atomic mass is 32.2. The molecule has 2 heteroatoms. The predicted octanol–water partition coefficient (Wildman–Crippen LogP) is 3.14. The van der Waals surface area contributed by atoms with Crippen molar-refractivity contribution in [3.63, 3.8) is 0 Å². The van der Waals surface area contributed by atoms with Gasteiger partial charge >= 0.3 is 0 Å². The molecule has 0 atom stereocenters. The molecule has 0 amide bonds. The zero-order valence-corrected chi connectivity index (χ0v) is 8.42. The van der Waals surface area contributed by atoms with Crippen LogP contribution in [0.25, 0.3) is 0 Å². The molecule has 0 radical (unpaired) electrons. The molecule has 0 saturated carbocycles. The van der Waals surface area contributed by atoms with Gasteiger partial charge in [0.1, 0.15) is 0 Å². The maximum atomic E-state index is 4.15. The Morgan fingerprint density at radius 3 is 2.86 bits per heavy atom. The Kier molecular flexibility index (Phi) is 1.81. The first kappa shape index (κ1) is 8.06. The van der Waals surface area contributed by atoms with Crippen LogP contribution in [-0.2, 0) is 6.42 Å². The van der Waals surface area contributed by atoms with Crippen LogP contribution in [0.4, 0.5) is 0 Å². The summed E-state index contributed by atoms with van der Waals surface area (Å²) in [7, 11) is 0. The smallest absolute Gasteiger partial charge is 0.0410 e. The lowest BCUT2D eigenvalue weighted by Crippen LogP contribution is -1.99. The van der Waals surface area contributed by atoms with Crippen molar-refractivity contribution in [1.82, 2.24) is 4.98 Å². The van der Waals surface area contributed by atoms with Crippen molar-refractivity contribution in [3.05, 3.63) is 53.9 Å². The molecule has 1 aliphatic heterocycles. The summed E-state index contributed by atoms with van der Waals surface area (Å²) in [6.45, 7) is 0. The summed E-state index contributed by atoms with van der Waals surface area (Å²) in [5.41, 5.74) is 2.82. The van der Waals surface area contributed by atoms with Crippen molar-refractivity contribution in [3.8, 4) is 0 Å². The van der Waals surface area contributed by atoms with E-state index >= 15 is 0 Å². The molecule has 0 aliphatic carbocycles. The van der Waals surface area contributed by atoms with Crippen LogP contribution in [0.3, 0.4) is 0 Å². The Bertz CT molecular complexity index is 392. The SMILES string of the molecule is c1ccc2c(c1)Cc1ccncc1S2. The minimum Gasteiger partial charge on any atom is -0.264 e. The molecule has 0 bridgehead atoms. The Hall–Kier alpha value is -1.28. The van der Waals surface area contributed by atoms with Gasteiger partial charge < -0.3 is 0 Å². The number of benzene rings is 1. The Morgan fingerprint density at radius 2 is 1.86 bits per heavy atom. The molecule has 2 heterocycles. The number of rotatable bonds is 0. The molecule has 0 saturated heterocycles. The van der Waals surface area contributed by atoms with Crippen LogP contribution >= 0.6 is 11.8 Å². The van der Waals surface area contributed by atoms with Crippen molar-refractivity contribution in [2.45, 2.75) is 16.2 Å². The largest absolute Gasteiger partial charge is 0.264 e. The second kappa shape index (κ2) is 3.14. The van der Waals surface area contributed by atoms with E-state index in [0.717, 1.165) is 6.42 Å². The zero-order chi connectivity index (χ0) is 9.38. The Labute approximate surface area is 87.2 Å². The van der Waals surface area contributed by atoms with Gasteiger partial charge in [0.25, 0.3) is 0 Å². The molecule has 0 N–H and O–H groups in total. The Balaban J connectivity index is 2.12. The number of aromatic nitrogens is 1. The number of pyridine rings is 1. The summed E-state index contributed by atoms with van der Waals surface area (Å²) in [5.74, 6) is 0. The number of fused-ring (bicyclic) bond motifs is 2. The van der Waals surface area contributed by atoms with Crippen molar-refractivity contribution >= 4 is 11.8 Å². The highest BCUT2D eigenvalue weighted by Gasteiger charge is 2.14. The summed E-state index contributed by atoms with van der Waals surface area (Å²) in [6, 6.07) is 10.7. The fourth-order valence-corrected chi connectivity index (χ4v) is 2.76. The highest BCUT2D eigenvalue weighted by molar-refractivity contribution is 7.99. The van der Waals surface area contributed by atoms with E-state index in [-0.39, 0.29) is 0 Å². The summed E-state index contributed by atoms with van der Waals surface area (Å²) >= 11 is 1.82. The third kappa shape index (κ3) is 1.23. The second-order valence-corrected chi connectivity index (χ2v) is 4.45. The summed E-state index contributed by atoms with van der Waals surface area (Å²) in [5, 5.41) is 0. The molecule has 1 nitrogen and oxygen atoms in total. The van der Waals surface area contributed by atoms with Gasteiger partial charge in [0.05, 0.1) is 0 Å². The van der Waals surface area contributed by atoms with Crippen LogP contribution in [0.5, 0.6) is 0 Å². The van der Waals surface area contributed by atoms with Crippen LogP contribution in [0.2, 0.25) is 0 Å². The maximum absolute atomic E-state index is 4.15. The molecule has 68 valence electrons. The van der Waals surface area contributed by atoms with Crippen LogP contribution in [0, 0.1) is 0 Å². The van der Waals surface area contributed by atoms with E-state index < -0.39 is 0 Å².